The highest BCUT2D eigenvalue weighted by atomic mass is 14.2. The van der Waals surface area contributed by atoms with Gasteiger partial charge in [-0.05, 0) is 36.0 Å². The van der Waals surface area contributed by atoms with Crippen LogP contribution in [0.15, 0.2) is 60.2 Å². The van der Waals surface area contributed by atoms with E-state index in [4.69, 9.17) is 0 Å². The molecule has 1 unspecified atom stereocenters. The highest BCUT2D eigenvalue weighted by Gasteiger charge is 2.14. The SMILES string of the molecule is C/C=C\C=C/C1=CC(C)c2ccccc2C1. The summed E-state index contributed by atoms with van der Waals surface area (Å²) in [6.07, 6.45) is 11.9. The molecule has 1 aromatic carbocycles. The Morgan fingerprint density at radius 3 is 2.81 bits per heavy atom. The minimum Gasteiger partial charge on any atom is -0.0877 e. The standard InChI is InChI=1S/C16H18/c1-3-4-5-8-14-11-13(2)16-10-7-6-9-15(16)12-14/h3-11,13H,12H2,1-2H3/b4-3-,8-5-. The Balaban J connectivity index is 2.23. The van der Waals surface area contributed by atoms with Crippen molar-refractivity contribution in [3.05, 3.63) is 71.3 Å². The van der Waals surface area contributed by atoms with Gasteiger partial charge in [0, 0.05) is 0 Å². The van der Waals surface area contributed by atoms with Crippen LogP contribution in [0.2, 0.25) is 0 Å². The zero-order valence-corrected chi connectivity index (χ0v) is 9.98. The van der Waals surface area contributed by atoms with Gasteiger partial charge in [-0.3, -0.25) is 0 Å². The summed E-state index contributed by atoms with van der Waals surface area (Å²) in [6, 6.07) is 8.74. The van der Waals surface area contributed by atoms with Crippen LogP contribution in [-0.2, 0) is 6.42 Å². The highest BCUT2D eigenvalue weighted by Crippen LogP contribution is 2.29. The van der Waals surface area contributed by atoms with Gasteiger partial charge in [0.05, 0.1) is 0 Å². The Kier molecular flexibility index (Phi) is 3.40. The average Bonchev–Trinajstić information content (AvgIpc) is 2.30. The van der Waals surface area contributed by atoms with Crippen molar-refractivity contribution in [1.82, 2.24) is 0 Å². The van der Waals surface area contributed by atoms with Crippen molar-refractivity contribution in [1.29, 1.82) is 0 Å². The van der Waals surface area contributed by atoms with E-state index in [1.54, 1.807) is 0 Å². The topological polar surface area (TPSA) is 0 Å². The third kappa shape index (κ3) is 2.33. The number of fused-ring (bicyclic) bond motifs is 1. The van der Waals surface area contributed by atoms with Crippen LogP contribution >= 0.6 is 0 Å². The van der Waals surface area contributed by atoms with Gasteiger partial charge < -0.3 is 0 Å². The normalized spacial score (nSPS) is 20.1. The highest BCUT2D eigenvalue weighted by molar-refractivity contribution is 5.43. The van der Waals surface area contributed by atoms with Crippen LogP contribution in [0.5, 0.6) is 0 Å². The predicted octanol–water partition coefficient (Wildman–Crippen LogP) is 4.40. The molecule has 0 N–H and O–H groups in total. The first-order valence-electron chi connectivity index (χ1n) is 5.89. The van der Waals surface area contributed by atoms with Crippen LogP contribution in [0.25, 0.3) is 0 Å². The maximum absolute atomic E-state index is 2.36. The lowest BCUT2D eigenvalue weighted by Gasteiger charge is -2.20. The molecule has 0 aromatic heterocycles. The van der Waals surface area contributed by atoms with E-state index in [9.17, 15) is 0 Å². The summed E-state index contributed by atoms with van der Waals surface area (Å²) >= 11 is 0. The Morgan fingerprint density at radius 2 is 2.00 bits per heavy atom. The molecular weight excluding hydrogens is 192 g/mol. The molecule has 0 nitrogen and oxygen atoms in total. The molecular formula is C16H18. The monoisotopic (exact) mass is 210 g/mol. The van der Waals surface area contributed by atoms with Crippen molar-refractivity contribution in [2.24, 2.45) is 0 Å². The summed E-state index contributed by atoms with van der Waals surface area (Å²) < 4.78 is 0. The first-order valence-corrected chi connectivity index (χ1v) is 5.89. The van der Waals surface area contributed by atoms with Crippen LogP contribution in [0.4, 0.5) is 0 Å². The van der Waals surface area contributed by atoms with Gasteiger partial charge in [-0.2, -0.15) is 0 Å². The Bertz CT molecular complexity index is 447. The van der Waals surface area contributed by atoms with E-state index in [-0.39, 0.29) is 0 Å². The molecule has 1 atom stereocenters. The molecule has 1 aliphatic rings. The molecule has 0 fully saturated rings. The van der Waals surface area contributed by atoms with Gasteiger partial charge >= 0.3 is 0 Å². The lowest BCUT2D eigenvalue weighted by molar-refractivity contribution is 0.889. The number of benzene rings is 1. The molecule has 16 heavy (non-hydrogen) atoms. The van der Waals surface area contributed by atoms with E-state index in [0.717, 1.165) is 6.42 Å². The Labute approximate surface area is 98.0 Å². The van der Waals surface area contributed by atoms with Gasteiger partial charge in [-0.15, -0.1) is 0 Å². The van der Waals surface area contributed by atoms with Crippen LogP contribution < -0.4 is 0 Å². The van der Waals surface area contributed by atoms with Crippen molar-refractivity contribution in [3.63, 3.8) is 0 Å². The number of rotatable bonds is 2. The molecule has 0 heteroatoms. The molecule has 0 radical (unpaired) electrons. The largest absolute Gasteiger partial charge is 0.0877 e. The fourth-order valence-electron chi connectivity index (χ4n) is 2.23. The maximum atomic E-state index is 2.36. The summed E-state index contributed by atoms with van der Waals surface area (Å²) in [5.41, 5.74) is 4.37. The number of allylic oxidation sites excluding steroid dienone is 6. The summed E-state index contributed by atoms with van der Waals surface area (Å²) in [7, 11) is 0. The van der Waals surface area contributed by atoms with Gasteiger partial charge in [0.1, 0.15) is 0 Å². The molecule has 0 bridgehead atoms. The van der Waals surface area contributed by atoms with Gasteiger partial charge in [0.15, 0.2) is 0 Å². The number of hydrogen-bond acceptors (Lipinski definition) is 0. The van der Waals surface area contributed by atoms with Crippen molar-refractivity contribution in [2.75, 3.05) is 0 Å². The molecule has 0 spiro atoms. The van der Waals surface area contributed by atoms with Crippen molar-refractivity contribution in [3.8, 4) is 0 Å². The lowest BCUT2D eigenvalue weighted by atomic mass is 9.85. The van der Waals surface area contributed by atoms with E-state index >= 15 is 0 Å². The molecule has 0 aliphatic heterocycles. The van der Waals surface area contributed by atoms with Crippen LogP contribution in [-0.4, -0.2) is 0 Å². The third-order valence-electron chi connectivity index (χ3n) is 3.02. The van der Waals surface area contributed by atoms with Crippen molar-refractivity contribution < 1.29 is 0 Å². The second-order valence-corrected chi connectivity index (χ2v) is 4.29. The Hall–Kier alpha value is -1.56. The fraction of sp³-hybridized carbons (Fsp3) is 0.250. The molecule has 0 saturated carbocycles. The fourth-order valence-corrected chi connectivity index (χ4v) is 2.23. The molecule has 82 valence electrons. The van der Waals surface area contributed by atoms with Crippen LogP contribution in [0.1, 0.15) is 30.9 Å². The average molecular weight is 210 g/mol. The van der Waals surface area contributed by atoms with E-state index in [2.05, 4.69) is 61.6 Å². The zero-order chi connectivity index (χ0) is 11.4. The second kappa shape index (κ2) is 4.98. The molecule has 0 saturated heterocycles. The smallest absolute Gasteiger partial charge is 0.000166 e. The first-order chi connectivity index (χ1) is 7.81. The quantitative estimate of drug-likeness (QED) is 0.634. The van der Waals surface area contributed by atoms with E-state index in [0.29, 0.717) is 5.92 Å². The van der Waals surface area contributed by atoms with E-state index < -0.39 is 0 Å². The minimum atomic E-state index is 0.537. The lowest BCUT2D eigenvalue weighted by Crippen LogP contribution is -2.05. The zero-order valence-electron chi connectivity index (χ0n) is 9.98. The molecule has 1 aliphatic carbocycles. The minimum absolute atomic E-state index is 0.537. The summed E-state index contributed by atoms with van der Waals surface area (Å²) in [5, 5.41) is 0. The Morgan fingerprint density at radius 1 is 1.19 bits per heavy atom. The van der Waals surface area contributed by atoms with Gasteiger partial charge in [-0.1, -0.05) is 61.6 Å². The molecule has 2 rings (SSSR count). The van der Waals surface area contributed by atoms with E-state index in [1.807, 2.05) is 6.92 Å². The van der Waals surface area contributed by atoms with Crippen molar-refractivity contribution >= 4 is 0 Å². The first kappa shape index (κ1) is 10.9. The molecule has 1 aromatic rings. The molecule has 0 heterocycles. The van der Waals surface area contributed by atoms with Gasteiger partial charge in [0.25, 0.3) is 0 Å². The van der Waals surface area contributed by atoms with Crippen molar-refractivity contribution in [2.45, 2.75) is 26.2 Å². The second-order valence-electron chi connectivity index (χ2n) is 4.29. The molecule has 0 amide bonds. The third-order valence-corrected chi connectivity index (χ3v) is 3.02. The number of hydrogen-bond donors (Lipinski definition) is 0. The van der Waals surface area contributed by atoms with Crippen LogP contribution in [0.3, 0.4) is 0 Å². The summed E-state index contributed by atoms with van der Waals surface area (Å²) in [6.45, 7) is 4.30. The van der Waals surface area contributed by atoms with Crippen LogP contribution in [0, 0.1) is 0 Å². The maximum Gasteiger partial charge on any atom is -0.000166 e. The van der Waals surface area contributed by atoms with E-state index in [1.165, 1.54) is 16.7 Å². The predicted molar refractivity (Wildman–Crippen MR) is 70.6 cm³/mol. The van der Waals surface area contributed by atoms with Gasteiger partial charge in [0.2, 0.25) is 0 Å². The summed E-state index contributed by atoms with van der Waals surface area (Å²) in [5.74, 6) is 0.537. The summed E-state index contributed by atoms with van der Waals surface area (Å²) in [4.78, 5) is 0. The van der Waals surface area contributed by atoms with Gasteiger partial charge in [-0.25, -0.2) is 0 Å².